The first-order chi connectivity index (χ1) is 9.15. The molecule has 3 unspecified atom stereocenters. The number of rotatable bonds is 5. The van der Waals surface area contributed by atoms with Gasteiger partial charge < -0.3 is 11.5 Å². The van der Waals surface area contributed by atoms with Crippen LogP contribution in [0.1, 0.15) is 55.4 Å². The van der Waals surface area contributed by atoms with Crippen LogP contribution in [0.3, 0.4) is 0 Å². The second-order valence-corrected chi connectivity index (χ2v) is 5.60. The highest BCUT2D eigenvalue weighted by Crippen LogP contribution is 2.38. The molecule has 1 saturated carbocycles. The molecule has 0 aliphatic heterocycles. The zero-order valence-electron chi connectivity index (χ0n) is 11.6. The zero-order chi connectivity index (χ0) is 13.8. The molecule has 2 rings (SSSR count). The van der Waals surface area contributed by atoms with Crippen molar-refractivity contribution in [3.8, 4) is 0 Å². The van der Waals surface area contributed by atoms with Crippen LogP contribution in [0.15, 0.2) is 12.4 Å². The predicted molar refractivity (Wildman–Crippen MR) is 74.6 cm³/mol. The summed E-state index contributed by atoms with van der Waals surface area (Å²) in [6.45, 7) is 2.90. The van der Waals surface area contributed by atoms with Crippen molar-refractivity contribution >= 4 is 5.91 Å². The highest BCUT2D eigenvalue weighted by Gasteiger charge is 2.31. The Kier molecular flexibility index (Phi) is 4.58. The maximum absolute atomic E-state index is 11.2. The summed E-state index contributed by atoms with van der Waals surface area (Å²) in [5.41, 5.74) is 11.6. The van der Waals surface area contributed by atoms with Crippen LogP contribution in [-0.4, -0.2) is 22.2 Å². The number of hydrogen-bond acceptors (Lipinski definition) is 3. The van der Waals surface area contributed by atoms with Crippen LogP contribution in [0.5, 0.6) is 0 Å². The van der Waals surface area contributed by atoms with E-state index in [-0.39, 0.29) is 0 Å². The standard InChI is InChI=1S/C14H24N4O/c1-2-3-10-4-5-11(7-15)13(6-10)18-9-12(8-17-18)14(16)19/h8-11,13H,2-7,15H2,1H3,(H2,16,19). The van der Waals surface area contributed by atoms with Crippen molar-refractivity contribution in [2.24, 2.45) is 23.3 Å². The summed E-state index contributed by atoms with van der Waals surface area (Å²) < 4.78 is 1.90. The average Bonchev–Trinajstić information content (AvgIpc) is 2.88. The number of primary amides is 1. The number of carbonyl (C=O) groups is 1. The van der Waals surface area contributed by atoms with Gasteiger partial charge in [0.25, 0.3) is 5.91 Å². The molecule has 1 fully saturated rings. The normalized spacial score (nSPS) is 27.4. The summed E-state index contributed by atoms with van der Waals surface area (Å²) in [6, 6.07) is 0.309. The molecule has 1 aromatic heterocycles. The molecule has 0 radical (unpaired) electrons. The third-order valence-corrected chi connectivity index (χ3v) is 4.29. The molecule has 1 aliphatic carbocycles. The van der Waals surface area contributed by atoms with E-state index in [1.807, 2.05) is 4.68 Å². The topological polar surface area (TPSA) is 86.9 Å². The van der Waals surface area contributed by atoms with Gasteiger partial charge in [-0.15, -0.1) is 0 Å². The molecular weight excluding hydrogens is 240 g/mol. The molecule has 3 atom stereocenters. The fourth-order valence-corrected chi connectivity index (χ4v) is 3.21. The molecule has 1 amide bonds. The van der Waals surface area contributed by atoms with Crippen molar-refractivity contribution in [1.29, 1.82) is 0 Å². The van der Waals surface area contributed by atoms with Crippen LogP contribution in [0.2, 0.25) is 0 Å². The van der Waals surface area contributed by atoms with Gasteiger partial charge >= 0.3 is 0 Å². The summed E-state index contributed by atoms with van der Waals surface area (Å²) in [7, 11) is 0. The third kappa shape index (κ3) is 3.15. The van der Waals surface area contributed by atoms with E-state index in [0.29, 0.717) is 24.1 Å². The molecule has 0 saturated heterocycles. The van der Waals surface area contributed by atoms with Crippen LogP contribution in [-0.2, 0) is 0 Å². The zero-order valence-corrected chi connectivity index (χ0v) is 11.6. The molecular formula is C14H24N4O. The minimum Gasteiger partial charge on any atom is -0.366 e. The maximum atomic E-state index is 11.2. The Hall–Kier alpha value is -1.36. The Morgan fingerprint density at radius 2 is 2.32 bits per heavy atom. The van der Waals surface area contributed by atoms with Gasteiger partial charge in [0.15, 0.2) is 0 Å². The molecule has 0 aromatic carbocycles. The molecule has 19 heavy (non-hydrogen) atoms. The lowest BCUT2D eigenvalue weighted by Gasteiger charge is -2.35. The van der Waals surface area contributed by atoms with Crippen LogP contribution >= 0.6 is 0 Å². The first-order valence-electron chi connectivity index (χ1n) is 7.19. The highest BCUT2D eigenvalue weighted by atomic mass is 16.1. The van der Waals surface area contributed by atoms with E-state index in [1.165, 1.54) is 19.3 Å². The number of nitrogens with zero attached hydrogens (tertiary/aromatic N) is 2. The van der Waals surface area contributed by atoms with Gasteiger partial charge in [-0.1, -0.05) is 19.8 Å². The summed E-state index contributed by atoms with van der Waals surface area (Å²) in [6.07, 6.45) is 9.32. The van der Waals surface area contributed by atoms with Gasteiger partial charge in [-0.3, -0.25) is 9.48 Å². The molecule has 106 valence electrons. The van der Waals surface area contributed by atoms with E-state index >= 15 is 0 Å². The number of nitrogens with two attached hydrogens (primary N) is 2. The molecule has 5 heteroatoms. The van der Waals surface area contributed by atoms with Gasteiger partial charge in [-0.25, -0.2) is 0 Å². The summed E-state index contributed by atoms with van der Waals surface area (Å²) in [4.78, 5) is 11.2. The number of amides is 1. The van der Waals surface area contributed by atoms with Crippen LogP contribution in [0, 0.1) is 11.8 Å². The first-order valence-corrected chi connectivity index (χ1v) is 7.19. The van der Waals surface area contributed by atoms with Crippen LogP contribution in [0.4, 0.5) is 0 Å². The summed E-state index contributed by atoms with van der Waals surface area (Å²) in [5, 5.41) is 4.31. The summed E-state index contributed by atoms with van der Waals surface area (Å²) in [5.74, 6) is 0.782. The van der Waals surface area contributed by atoms with Crippen molar-refractivity contribution in [1.82, 2.24) is 9.78 Å². The Balaban J connectivity index is 2.14. The smallest absolute Gasteiger partial charge is 0.251 e. The van der Waals surface area contributed by atoms with E-state index < -0.39 is 5.91 Å². The van der Waals surface area contributed by atoms with Crippen molar-refractivity contribution in [3.05, 3.63) is 18.0 Å². The number of hydrogen-bond donors (Lipinski definition) is 2. The lowest BCUT2D eigenvalue weighted by Crippen LogP contribution is -2.32. The minimum atomic E-state index is -0.420. The molecule has 0 spiro atoms. The Labute approximate surface area is 114 Å². The fourth-order valence-electron chi connectivity index (χ4n) is 3.21. The van der Waals surface area contributed by atoms with Gasteiger partial charge in [-0.05, 0) is 37.6 Å². The summed E-state index contributed by atoms with van der Waals surface area (Å²) >= 11 is 0. The van der Waals surface area contributed by atoms with E-state index in [4.69, 9.17) is 11.5 Å². The Morgan fingerprint density at radius 1 is 1.53 bits per heavy atom. The molecule has 1 heterocycles. The first kappa shape index (κ1) is 14.1. The average molecular weight is 264 g/mol. The van der Waals surface area contributed by atoms with E-state index in [2.05, 4.69) is 12.0 Å². The van der Waals surface area contributed by atoms with Crippen molar-refractivity contribution in [2.75, 3.05) is 6.54 Å². The quantitative estimate of drug-likeness (QED) is 0.848. The van der Waals surface area contributed by atoms with E-state index in [1.54, 1.807) is 12.4 Å². The van der Waals surface area contributed by atoms with Crippen molar-refractivity contribution in [2.45, 2.75) is 45.1 Å². The minimum absolute atomic E-state index is 0.309. The largest absolute Gasteiger partial charge is 0.366 e. The Bertz CT molecular complexity index is 429. The molecule has 1 aromatic rings. The van der Waals surface area contributed by atoms with Crippen LogP contribution in [0.25, 0.3) is 0 Å². The van der Waals surface area contributed by atoms with Gasteiger partial charge in [0, 0.05) is 6.20 Å². The van der Waals surface area contributed by atoms with Crippen molar-refractivity contribution in [3.63, 3.8) is 0 Å². The highest BCUT2D eigenvalue weighted by molar-refractivity contribution is 5.92. The second kappa shape index (κ2) is 6.19. The van der Waals surface area contributed by atoms with Gasteiger partial charge in [0.2, 0.25) is 0 Å². The lowest BCUT2D eigenvalue weighted by atomic mass is 9.76. The third-order valence-electron chi connectivity index (χ3n) is 4.29. The second-order valence-electron chi connectivity index (χ2n) is 5.60. The van der Waals surface area contributed by atoms with Gasteiger partial charge in [0.1, 0.15) is 0 Å². The fraction of sp³-hybridized carbons (Fsp3) is 0.714. The van der Waals surface area contributed by atoms with Gasteiger partial charge in [0.05, 0.1) is 17.8 Å². The Morgan fingerprint density at radius 3 is 2.89 bits per heavy atom. The molecule has 0 bridgehead atoms. The molecule has 5 nitrogen and oxygen atoms in total. The monoisotopic (exact) mass is 264 g/mol. The SMILES string of the molecule is CCCC1CCC(CN)C(n2cc(C(N)=O)cn2)C1. The lowest BCUT2D eigenvalue weighted by molar-refractivity contribution is 0.1000. The van der Waals surface area contributed by atoms with Crippen molar-refractivity contribution < 1.29 is 4.79 Å². The van der Waals surface area contributed by atoms with Crippen LogP contribution < -0.4 is 11.5 Å². The maximum Gasteiger partial charge on any atom is 0.251 e. The van der Waals surface area contributed by atoms with E-state index in [0.717, 1.165) is 18.8 Å². The number of carbonyl (C=O) groups excluding carboxylic acids is 1. The van der Waals surface area contributed by atoms with E-state index in [9.17, 15) is 4.79 Å². The predicted octanol–water partition coefficient (Wildman–Crippen LogP) is 1.70. The molecule has 4 N–H and O–H groups in total. The van der Waals surface area contributed by atoms with Gasteiger partial charge in [-0.2, -0.15) is 5.10 Å². The number of aromatic nitrogens is 2. The molecule has 1 aliphatic rings.